The van der Waals surface area contributed by atoms with Crippen molar-refractivity contribution in [1.82, 2.24) is 15.3 Å². The molecule has 3 aromatic rings. The molecule has 0 spiro atoms. The van der Waals surface area contributed by atoms with Crippen LogP contribution in [0.5, 0.6) is 0 Å². The highest BCUT2D eigenvalue weighted by Gasteiger charge is 2.27. The lowest BCUT2D eigenvalue weighted by molar-refractivity contribution is -0.892. The molecule has 0 radical (unpaired) electrons. The van der Waals surface area contributed by atoms with Gasteiger partial charge < -0.3 is 15.1 Å². The zero-order chi connectivity index (χ0) is 21.9. The predicted octanol–water partition coefficient (Wildman–Crippen LogP) is 2.40. The monoisotopic (exact) mass is 466 g/mol. The Hall–Kier alpha value is -2.61. The number of carbonyl (C=O) groups excluding carboxylic acids is 1. The number of benzene rings is 2. The van der Waals surface area contributed by atoms with Crippen LogP contribution >= 0.6 is 23.4 Å². The molecule has 1 saturated heterocycles. The van der Waals surface area contributed by atoms with Gasteiger partial charge in [0.25, 0.3) is 5.91 Å². The van der Waals surface area contributed by atoms with Gasteiger partial charge in [0.2, 0.25) is 5.95 Å². The minimum Gasteiger partial charge on any atom is -0.344 e. The van der Waals surface area contributed by atoms with Crippen molar-refractivity contribution in [2.45, 2.75) is 22.3 Å². The number of halogens is 1. The summed E-state index contributed by atoms with van der Waals surface area (Å²) in [5.41, 5.74) is 2.34. The number of fused-ring (bicyclic) bond motifs is 2. The van der Waals surface area contributed by atoms with Crippen molar-refractivity contribution >= 4 is 35.2 Å². The maximum Gasteiger partial charge on any atom is 0.275 e. The molecule has 1 amide bonds. The van der Waals surface area contributed by atoms with Crippen molar-refractivity contribution in [3.63, 3.8) is 0 Å². The summed E-state index contributed by atoms with van der Waals surface area (Å²) in [5.74, 6) is 0.837. The number of carbonyl (C=O) groups is 1. The van der Waals surface area contributed by atoms with E-state index in [0.717, 1.165) is 49.0 Å². The zero-order valence-corrected chi connectivity index (χ0v) is 19.2. The summed E-state index contributed by atoms with van der Waals surface area (Å²) in [5, 5.41) is 4.00. The highest BCUT2D eigenvalue weighted by atomic mass is 35.5. The van der Waals surface area contributed by atoms with Crippen LogP contribution in [0.15, 0.2) is 70.7 Å². The fourth-order valence-corrected chi connectivity index (χ4v) is 5.66. The maximum atomic E-state index is 13.0. The van der Waals surface area contributed by atoms with E-state index in [9.17, 15) is 4.79 Å². The van der Waals surface area contributed by atoms with Crippen LogP contribution in [0.1, 0.15) is 17.2 Å². The summed E-state index contributed by atoms with van der Waals surface area (Å²) in [4.78, 5) is 27.6. The van der Waals surface area contributed by atoms with Gasteiger partial charge in [-0.2, -0.15) is 0 Å². The zero-order valence-electron chi connectivity index (χ0n) is 17.6. The fraction of sp³-hybridized carbons (Fsp3) is 0.292. The van der Waals surface area contributed by atoms with E-state index in [1.54, 1.807) is 24.2 Å². The van der Waals surface area contributed by atoms with E-state index in [1.165, 1.54) is 15.4 Å². The summed E-state index contributed by atoms with van der Waals surface area (Å²) in [6.07, 6.45) is 4.29. The molecule has 1 fully saturated rings. The van der Waals surface area contributed by atoms with Gasteiger partial charge in [0.1, 0.15) is 0 Å². The second kappa shape index (κ2) is 9.48. The van der Waals surface area contributed by atoms with Crippen LogP contribution < -0.4 is 15.1 Å². The molecule has 1 atom stereocenters. The molecule has 0 unspecified atom stereocenters. The number of nitrogens with zero attached hydrogens (tertiary/aromatic N) is 3. The van der Waals surface area contributed by atoms with Crippen LogP contribution in [0.4, 0.5) is 5.95 Å². The van der Waals surface area contributed by atoms with Crippen LogP contribution in [0.25, 0.3) is 0 Å². The van der Waals surface area contributed by atoms with Gasteiger partial charge in [0.05, 0.1) is 32.2 Å². The first-order chi connectivity index (χ1) is 15.7. The second-order valence-electron chi connectivity index (χ2n) is 8.18. The molecule has 6 nitrogen and oxygen atoms in total. The molecule has 2 N–H and O–H groups in total. The van der Waals surface area contributed by atoms with Crippen LogP contribution in [0, 0.1) is 0 Å². The van der Waals surface area contributed by atoms with Gasteiger partial charge in [0, 0.05) is 27.2 Å². The van der Waals surface area contributed by atoms with Gasteiger partial charge in [0.15, 0.2) is 6.54 Å². The molecule has 0 saturated carbocycles. The molecule has 0 bridgehead atoms. The van der Waals surface area contributed by atoms with E-state index in [2.05, 4.69) is 50.5 Å². The maximum absolute atomic E-state index is 13.0. The lowest BCUT2D eigenvalue weighted by Gasteiger charge is -2.32. The molecule has 5 rings (SSSR count). The first-order valence-corrected chi connectivity index (χ1v) is 12.1. The average Bonchev–Trinajstić information content (AvgIpc) is 2.96. The largest absolute Gasteiger partial charge is 0.344 e. The van der Waals surface area contributed by atoms with Crippen LogP contribution in [-0.4, -0.2) is 48.6 Å². The Morgan fingerprint density at radius 1 is 1.09 bits per heavy atom. The third-order valence-electron chi connectivity index (χ3n) is 6.02. The van der Waals surface area contributed by atoms with E-state index in [1.807, 2.05) is 18.2 Å². The van der Waals surface area contributed by atoms with Crippen molar-refractivity contribution in [2.24, 2.45) is 0 Å². The predicted molar refractivity (Wildman–Crippen MR) is 126 cm³/mol. The number of rotatable bonds is 4. The van der Waals surface area contributed by atoms with Gasteiger partial charge in [-0.15, -0.1) is 0 Å². The van der Waals surface area contributed by atoms with E-state index in [-0.39, 0.29) is 11.9 Å². The van der Waals surface area contributed by atoms with Crippen molar-refractivity contribution in [3.05, 3.63) is 77.1 Å². The van der Waals surface area contributed by atoms with Gasteiger partial charge in [-0.1, -0.05) is 41.6 Å². The number of hydrogen-bond acceptors (Lipinski definition) is 5. The molecule has 2 aliphatic rings. The molecule has 2 aliphatic heterocycles. The molecule has 0 aliphatic carbocycles. The Morgan fingerprint density at radius 3 is 2.69 bits per heavy atom. The molecule has 8 heteroatoms. The lowest BCUT2D eigenvalue weighted by atomic mass is 9.99. The van der Waals surface area contributed by atoms with Crippen LogP contribution in [0.3, 0.4) is 0 Å². The van der Waals surface area contributed by atoms with Gasteiger partial charge in [-0.3, -0.25) is 4.79 Å². The highest BCUT2D eigenvalue weighted by Crippen LogP contribution is 2.41. The average molecular weight is 467 g/mol. The highest BCUT2D eigenvalue weighted by molar-refractivity contribution is 7.99. The summed E-state index contributed by atoms with van der Waals surface area (Å²) in [7, 11) is 0. The Morgan fingerprint density at radius 2 is 1.88 bits per heavy atom. The lowest BCUT2D eigenvalue weighted by Crippen LogP contribution is -3.16. The number of anilines is 1. The quantitative estimate of drug-likeness (QED) is 0.618. The molecule has 3 heterocycles. The van der Waals surface area contributed by atoms with Crippen molar-refractivity contribution in [3.8, 4) is 0 Å². The second-order valence-corrected chi connectivity index (χ2v) is 9.70. The first-order valence-electron chi connectivity index (χ1n) is 10.9. The molecule has 1 aromatic heterocycles. The Labute approximate surface area is 197 Å². The standard InChI is InChI=1S/C24H24ClN5OS/c25-18-6-7-22-19(15-18)20(14-17-4-1-2-5-21(17)32-22)28-23(31)16-29-10-12-30(13-11-29)24-26-8-3-9-27-24/h1-9,15,20H,10-14,16H2,(H,28,31)/p+1/t20-/m1/s1. The molecule has 164 valence electrons. The number of quaternary nitrogens is 1. The number of nitrogens with one attached hydrogen (secondary N) is 2. The number of piperazine rings is 1. The number of aromatic nitrogens is 2. The SMILES string of the molecule is O=C(C[NH+]1CCN(c2ncccn2)CC1)N[C@@H]1Cc2ccccc2Sc2ccc(Cl)cc21. The summed E-state index contributed by atoms with van der Waals surface area (Å²) >= 11 is 8.07. The summed E-state index contributed by atoms with van der Waals surface area (Å²) in [6.45, 7) is 3.93. The smallest absolute Gasteiger partial charge is 0.275 e. The van der Waals surface area contributed by atoms with E-state index < -0.39 is 0 Å². The first kappa shape index (κ1) is 21.2. The van der Waals surface area contributed by atoms with E-state index in [4.69, 9.17) is 11.6 Å². The van der Waals surface area contributed by atoms with Crippen LogP contribution in [-0.2, 0) is 11.2 Å². The molecular weight excluding hydrogens is 442 g/mol. The summed E-state index contributed by atoms with van der Waals surface area (Å²) in [6, 6.07) is 16.1. The Bertz CT molecular complexity index is 1100. The van der Waals surface area contributed by atoms with Crippen molar-refractivity contribution in [2.75, 3.05) is 37.6 Å². The fourth-order valence-electron chi connectivity index (χ4n) is 4.36. The van der Waals surface area contributed by atoms with E-state index in [0.29, 0.717) is 11.6 Å². The molecular formula is C24H25ClN5OS+. The number of hydrogen-bond donors (Lipinski definition) is 2. The van der Waals surface area contributed by atoms with Gasteiger partial charge >= 0.3 is 0 Å². The van der Waals surface area contributed by atoms with Gasteiger partial charge in [-0.05, 0) is 47.9 Å². The normalized spacial score (nSPS) is 18.4. The third-order valence-corrected chi connectivity index (χ3v) is 7.46. The molecule has 2 aromatic carbocycles. The number of amides is 1. The topological polar surface area (TPSA) is 62.6 Å². The van der Waals surface area contributed by atoms with Crippen molar-refractivity contribution < 1.29 is 9.69 Å². The Kier molecular flexibility index (Phi) is 6.30. The van der Waals surface area contributed by atoms with E-state index >= 15 is 0 Å². The molecule has 32 heavy (non-hydrogen) atoms. The Balaban J connectivity index is 1.25. The minimum absolute atomic E-state index is 0.0738. The van der Waals surface area contributed by atoms with Gasteiger partial charge in [-0.25, -0.2) is 9.97 Å². The minimum atomic E-state index is -0.0919. The van der Waals surface area contributed by atoms with Crippen LogP contribution in [0.2, 0.25) is 5.02 Å². The van der Waals surface area contributed by atoms with Crippen molar-refractivity contribution in [1.29, 1.82) is 0 Å². The third kappa shape index (κ3) is 4.75. The summed E-state index contributed by atoms with van der Waals surface area (Å²) < 4.78 is 0.